The number of aromatic nitrogens is 2. The lowest BCUT2D eigenvalue weighted by Gasteiger charge is -2.07. The molecular weight excluding hydrogens is 254 g/mol. The van der Waals surface area contributed by atoms with Crippen LogP contribution >= 0.6 is 0 Å². The third-order valence-electron chi connectivity index (χ3n) is 3.14. The molecule has 1 aromatic heterocycles. The molecule has 0 saturated heterocycles. The van der Waals surface area contributed by atoms with Gasteiger partial charge in [0.25, 0.3) is 0 Å². The van der Waals surface area contributed by atoms with Gasteiger partial charge in [0.05, 0.1) is 6.04 Å². The van der Waals surface area contributed by atoms with Gasteiger partial charge in [-0.2, -0.15) is 4.98 Å². The van der Waals surface area contributed by atoms with Crippen molar-refractivity contribution in [3.63, 3.8) is 0 Å². The molecular formula is C15H21N3O2. The lowest BCUT2D eigenvalue weighted by Crippen LogP contribution is -2.12. The Morgan fingerprint density at radius 1 is 1.30 bits per heavy atom. The molecule has 1 aromatic carbocycles. The van der Waals surface area contributed by atoms with Crippen molar-refractivity contribution >= 4 is 0 Å². The van der Waals surface area contributed by atoms with E-state index in [1.165, 1.54) is 5.56 Å². The Morgan fingerprint density at radius 2 is 2.05 bits per heavy atom. The maximum absolute atomic E-state index is 6.09. The lowest BCUT2D eigenvalue weighted by atomic mass is 10.1. The SMILES string of the molecule is CCOC(C)c1noc([C@@H](N)CCc2ccccc2)n1. The van der Waals surface area contributed by atoms with Crippen LogP contribution in [0, 0.1) is 0 Å². The van der Waals surface area contributed by atoms with Crippen LogP contribution in [-0.4, -0.2) is 16.7 Å². The van der Waals surface area contributed by atoms with E-state index in [0.29, 0.717) is 18.3 Å². The molecule has 1 heterocycles. The highest BCUT2D eigenvalue weighted by Crippen LogP contribution is 2.18. The zero-order chi connectivity index (χ0) is 14.4. The molecule has 0 radical (unpaired) electrons. The predicted molar refractivity (Wildman–Crippen MR) is 76.0 cm³/mol. The number of nitrogens with two attached hydrogens (primary N) is 1. The van der Waals surface area contributed by atoms with E-state index in [0.717, 1.165) is 12.8 Å². The number of nitrogens with zero attached hydrogens (tertiary/aromatic N) is 2. The van der Waals surface area contributed by atoms with Crippen molar-refractivity contribution < 1.29 is 9.26 Å². The van der Waals surface area contributed by atoms with E-state index in [9.17, 15) is 0 Å². The summed E-state index contributed by atoms with van der Waals surface area (Å²) < 4.78 is 10.6. The molecule has 0 saturated carbocycles. The zero-order valence-electron chi connectivity index (χ0n) is 12.0. The van der Waals surface area contributed by atoms with Crippen molar-refractivity contribution in [1.82, 2.24) is 10.1 Å². The summed E-state index contributed by atoms with van der Waals surface area (Å²) in [6, 6.07) is 9.98. The van der Waals surface area contributed by atoms with Gasteiger partial charge in [-0.05, 0) is 32.3 Å². The normalized spacial score (nSPS) is 14.2. The Morgan fingerprint density at radius 3 is 2.75 bits per heavy atom. The number of hydrogen-bond acceptors (Lipinski definition) is 5. The second-order valence-corrected chi connectivity index (χ2v) is 4.72. The first kappa shape index (κ1) is 14.7. The van der Waals surface area contributed by atoms with E-state index in [-0.39, 0.29) is 12.1 Å². The summed E-state index contributed by atoms with van der Waals surface area (Å²) in [5.74, 6) is 1.03. The number of aryl methyl sites for hydroxylation is 1. The molecule has 2 aromatic rings. The molecule has 5 heteroatoms. The van der Waals surface area contributed by atoms with Gasteiger partial charge in [0.2, 0.25) is 5.89 Å². The first-order valence-electron chi connectivity index (χ1n) is 6.95. The van der Waals surface area contributed by atoms with Gasteiger partial charge in [-0.3, -0.25) is 0 Å². The van der Waals surface area contributed by atoms with Gasteiger partial charge in [-0.15, -0.1) is 0 Å². The maximum Gasteiger partial charge on any atom is 0.243 e. The van der Waals surface area contributed by atoms with Gasteiger partial charge in [0.1, 0.15) is 6.10 Å². The summed E-state index contributed by atoms with van der Waals surface area (Å²) in [5, 5.41) is 3.92. The van der Waals surface area contributed by atoms with E-state index in [2.05, 4.69) is 22.3 Å². The maximum atomic E-state index is 6.09. The molecule has 20 heavy (non-hydrogen) atoms. The summed E-state index contributed by atoms with van der Waals surface area (Å²) in [4.78, 5) is 4.31. The van der Waals surface area contributed by atoms with Gasteiger partial charge >= 0.3 is 0 Å². The average Bonchev–Trinajstić information content (AvgIpc) is 2.96. The summed E-state index contributed by atoms with van der Waals surface area (Å²) in [6.45, 7) is 4.45. The second-order valence-electron chi connectivity index (χ2n) is 4.72. The minimum Gasteiger partial charge on any atom is -0.371 e. The minimum atomic E-state index is -0.245. The molecule has 5 nitrogen and oxygen atoms in total. The number of ether oxygens (including phenoxy) is 1. The van der Waals surface area contributed by atoms with Crippen LogP contribution in [-0.2, 0) is 11.2 Å². The van der Waals surface area contributed by atoms with Crippen molar-refractivity contribution in [2.24, 2.45) is 5.73 Å². The van der Waals surface area contributed by atoms with E-state index in [1.807, 2.05) is 32.0 Å². The molecule has 108 valence electrons. The Balaban J connectivity index is 1.91. The summed E-state index contributed by atoms with van der Waals surface area (Å²) in [5.41, 5.74) is 7.35. The highest BCUT2D eigenvalue weighted by molar-refractivity contribution is 5.15. The van der Waals surface area contributed by atoms with Gasteiger partial charge in [0.15, 0.2) is 5.82 Å². The second kappa shape index (κ2) is 7.17. The van der Waals surface area contributed by atoms with Crippen molar-refractivity contribution in [1.29, 1.82) is 0 Å². The molecule has 2 rings (SSSR count). The zero-order valence-corrected chi connectivity index (χ0v) is 12.0. The largest absolute Gasteiger partial charge is 0.371 e. The number of rotatable bonds is 7. The van der Waals surface area contributed by atoms with Crippen LogP contribution in [0.1, 0.15) is 49.7 Å². The van der Waals surface area contributed by atoms with Gasteiger partial charge in [-0.1, -0.05) is 35.5 Å². The smallest absolute Gasteiger partial charge is 0.243 e. The third-order valence-corrected chi connectivity index (χ3v) is 3.14. The van der Waals surface area contributed by atoms with E-state index in [4.69, 9.17) is 15.0 Å². The average molecular weight is 275 g/mol. The Labute approximate surface area is 119 Å². The summed E-state index contributed by atoms with van der Waals surface area (Å²) in [7, 11) is 0. The third kappa shape index (κ3) is 3.88. The van der Waals surface area contributed by atoms with Crippen LogP contribution < -0.4 is 5.73 Å². The Hall–Kier alpha value is -1.72. The summed E-state index contributed by atoms with van der Waals surface area (Å²) >= 11 is 0. The molecule has 0 bridgehead atoms. The molecule has 2 N–H and O–H groups in total. The first-order valence-corrected chi connectivity index (χ1v) is 6.95. The fourth-order valence-electron chi connectivity index (χ4n) is 1.98. The topological polar surface area (TPSA) is 74.2 Å². The number of hydrogen-bond donors (Lipinski definition) is 1. The van der Waals surface area contributed by atoms with Crippen LogP contribution in [0.5, 0.6) is 0 Å². The van der Waals surface area contributed by atoms with Crippen molar-refractivity contribution in [3.05, 3.63) is 47.6 Å². The van der Waals surface area contributed by atoms with Crippen LogP contribution in [0.25, 0.3) is 0 Å². The van der Waals surface area contributed by atoms with Crippen LogP contribution in [0.2, 0.25) is 0 Å². The molecule has 0 amide bonds. The van der Waals surface area contributed by atoms with E-state index < -0.39 is 0 Å². The standard InChI is InChI=1S/C15H21N3O2/c1-3-19-11(2)14-17-15(20-18-14)13(16)10-9-12-7-5-4-6-8-12/h4-8,11,13H,3,9-10,16H2,1-2H3/t11?,13-/m0/s1. The van der Waals surface area contributed by atoms with Crippen molar-refractivity contribution in [2.45, 2.75) is 38.8 Å². The fraction of sp³-hybridized carbons (Fsp3) is 0.467. The molecule has 1 unspecified atom stereocenters. The predicted octanol–water partition coefficient (Wildman–Crippen LogP) is 2.80. The van der Waals surface area contributed by atoms with Crippen LogP contribution in [0.15, 0.2) is 34.9 Å². The summed E-state index contributed by atoms with van der Waals surface area (Å²) in [6.07, 6.45) is 1.49. The Bertz CT molecular complexity index is 513. The van der Waals surface area contributed by atoms with Crippen LogP contribution in [0.3, 0.4) is 0 Å². The lowest BCUT2D eigenvalue weighted by molar-refractivity contribution is 0.0683. The van der Waals surface area contributed by atoms with E-state index in [1.54, 1.807) is 0 Å². The molecule has 0 spiro atoms. The molecule has 0 fully saturated rings. The highest BCUT2D eigenvalue weighted by atomic mass is 16.5. The van der Waals surface area contributed by atoms with Gasteiger partial charge in [0, 0.05) is 6.61 Å². The molecule has 0 aliphatic heterocycles. The van der Waals surface area contributed by atoms with Gasteiger partial charge in [-0.25, -0.2) is 0 Å². The quantitative estimate of drug-likeness (QED) is 0.841. The first-order chi connectivity index (χ1) is 9.70. The molecule has 0 aliphatic rings. The number of benzene rings is 1. The van der Waals surface area contributed by atoms with Crippen molar-refractivity contribution in [2.75, 3.05) is 6.61 Å². The monoisotopic (exact) mass is 275 g/mol. The molecule has 2 atom stereocenters. The van der Waals surface area contributed by atoms with Gasteiger partial charge < -0.3 is 15.0 Å². The molecule has 0 aliphatic carbocycles. The van der Waals surface area contributed by atoms with Crippen molar-refractivity contribution in [3.8, 4) is 0 Å². The fourth-order valence-corrected chi connectivity index (χ4v) is 1.98. The minimum absolute atomic E-state index is 0.168. The Kier molecular flexibility index (Phi) is 5.26. The van der Waals surface area contributed by atoms with E-state index >= 15 is 0 Å². The van der Waals surface area contributed by atoms with Crippen LogP contribution in [0.4, 0.5) is 0 Å². The highest BCUT2D eigenvalue weighted by Gasteiger charge is 2.18.